The zero-order valence-electron chi connectivity index (χ0n) is 28.3. The molecule has 1 aliphatic carbocycles. The molecule has 262 valence electrons. The van der Waals surface area contributed by atoms with Gasteiger partial charge in [0.2, 0.25) is 11.8 Å². The maximum atomic E-state index is 13.4. The monoisotopic (exact) mass is 688 g/mol. The first kappa shape index (κ1) is 32.9. The number of anilines is 1. The maximum absolute atomic E-state index is 13.4. The van der Waals surface area contributed by atoms with Crippen LogP contribution in [0.25, 0.3) is 11.3 Å². The zero-order valence-corrected chi connectivity index (χ0v) is 28.3. The van der Waals surface area contributed by atoms with Crippen LogP contribution in [-0.2, 0) is 16.0 Å². The summed E-state index contributed by atoms with van der Waals surface area (Å²) in [5, 5.41) is 20.7. The molecule has 8 rings (SSSR count). The number of ether oxygens (including phenoxy) is 1. The summed E-state index contributed by atoms with van der Waals surface area (Å²) < 4.78 is 6.27. The number of fused-ring (bicyclic) bond motifs is 2. The molecular formula is C39H40N6O6. The third-order valence-electron chi connectivity index (χ3n) is 11.4. The van der Waals surface area contributed by atoms with Gasteiger partial charge in [-0.3, -0.25) is 29.4 Å². The molecular weight excluding hydrogens is 648 g/mol. The molecule has 0 bridgehead atoms. The lowest BCUT2D eigenvalue weighted by Crippen LogP contribution is -2.54. The minimum atomic E-state index is -0.985. The van der Waals surface area contributed by atoms with Gasteiger partial charge >= 0.3 is 0 Å². The Morgan fingerprint density at radius 1 is 0.941 bits per heavy atom. The van der Waals surface area contributed by atoms with E-state index in [9.17, 15) is 24.3 Å². The molecule has 4 amide bonds. The number of nitrogens with one attached hydrogen (secondary N) is 1. The highest BCUT2D eigenvalue weighted by Gasteiger charge is 2.47. The van der Waals surface area contributed by atoms with Gasteiger partial charge in [0.1, 0.15) is 17.5 Å². The normalized spacial score (nSPS) is 24.3. The predicted octanol–water partition coefficient (Wildman–Crippen LogP) is 3.71. The number of nitrogen functional groups attached to an aromatic ring is 1. The fraction of sp³-hybridized carbons (Fsp3) is 0.436. The number of phenols is 1. The van der Waals surface area contributed by atoms with E-state index in [4.69, 9.17) is 10.5 Å². The van der Waals surface area contributed by atoms with E-state index in [1.54, 1.807) is 36.4 Å². The Hall–Kier alpha value is -5.28. The molecule has 0 radical (unpaired) electrons. The summed E-state index contributed by atoms with van der Waals surface area (Å²) in [4.78, 5) is 54.3. The molecule has 5 aliphatic rings. The SMILES string of the molecule is Nc1nnc(-c2ccccc2O)cc1C#CC1CCC(CN2CCC3(CC2)COc2cc4c(cc2C3)C(=O)N(C2CCC(=O)NC2=O)C4=O)CC1. The van der Waals surface area contributed by atoms with Crippen LogP contribution in [0.3, 0.4) is 0 Å². The van der Waals surface area contributed by atoms with E-state index < -0.39 is 29.7 Å². The van der Waals surface area contributed by atoms with Crippen molar-refractivity contribution < 1.29 is 29.0 Å². The number of rotatable bonds is 4. The van der Waals surface area contributed by atoms with E-state index in [2.05, 4.69) is 32.3 Å². The molecule has 5 heterocycles. The molecule has 51 heavy (non-hydrogen) atoms. The first-order valence-corrected chi connectivity index (χ1v) is 17.8. The highest BCUT2D eigenvalue weighted by Crippen LogP contribution is 2.44. The topological polar surface area (TPSA) is 168 Å². The third-order valence-corrected chi connectivity index (χ3v) is 11.4. The molecule has 12 heteroatoms. The summed E-state index contributed by atoms with van der Waals surface area (Å²) in [5.41, 5.74) is 9.31. The maximum Gasteiger partial charge on any atom is 0.262 e. The van der Waals surface area contributed by atoms with Crippen molar-refractivity contribution in [2.75, 3.05) is 32.0 Å². The van der Waals surface area contributed by atoms with Crippen molar-refractivity contribution in [3.8, 4) is 34.6 Å². The Morgan fingerprint density at radius 2 is 1.69 bits per heavy atom. The van der Waals surface area contributed by atoms with Crippen LogP contribution in [-0.4, -0.2) is 81.0 Å². The van der Waals surface area contributed by atoms with Gasteiger partial charge in [-0.05, 0) is 106 Å². The summed E-state index contributed by atoms with van der Waals surface area (Å²) in [6.07, 6.45) is 7.30. The number of aromatic nitrogens is 2. The largest absolute Gasteiger partial charge is 0.507 e. The minimum Gasteiger partial charge on any atom is -0.507 e. The lowest BCUT2D eigenvalue weighted by molar-refractivity contribution is -0.136. The Morgan fingerprint density at radius 3 is 2.43 bits per heavy atom. The van der Waals surface area contributed by atoms with Gasteiger partial charge in [-0.25, -0.2) is 0 Å². The standard InChI is InChI=1S/C39H40N6O6/c40-35-25(18-30(42-43-35)27-3-1-2-4-32(27)46)10-9-23-5-7-24(8-6-23)21-44-15-13-39(14-16-44)20-26-17-28-29(19-33(26)51-22-39)38(50)45(37(28)49)31-11-12-34(47)41-36(31)48/h1-4,17-19,23-24,31,46H,5-8,11-16,20-22H2,(H2,40,43)(H,41,47,48). The van der Waals surface area contributed by atoms with Gasteiger partial charge in [-0.2, -0.15) is 0 Å². The van der Waals surface area contributed by atoms with E-state index in [0.29, 0.717) is 46.6 Å². The molecule has 2 saturated heterocycles. The summed E-state index contributed by atoms with van der Waals surface area (Å²) in [6.45, 7) is 3.61. The Kier molecular flexibility index (Phi) is 8.46. The lowest BCUT2D eigenvalue weighted by atomic mass is 9.72. The molecule has 4 aliphatic heterocycles. The van der Waals surface area contributed by atoms with E-state index in [0.717, 1.165) is 75.0 Å². The highest BCUT2D eigenvalue weighted by molar-refractivity contribution is 6.23. The Balaban J connectivity index is 0.845. The van der Waals surface area contributed by atoms with Gasteiger partial charge in [0.15, 0.2) is 5.82 Å². The van der Waals surface area contributed by atoms with Crippen LogP contribution >= 0.6 is 0 Å². The molecule has 4 N–H and O–H groups in total. The number of aromatic hydroxyl groups is 1. The second-order valence-corrected chi connectivity index (χ2v) is 14.8. The van der Waals surface area contributed by atoms with Gasteiger partial charge in [0.05, 0.1) is 29.0 Å². The van der Waals surface area contributed by atoms with Gasteiger partial charge in [0, 0.05) is 29.9 Å². The van der Waals surface area contributed by atoms with Crippen molar-refractivity contribution in [2.45, 2.75) is 63.8 Å². The van der Waals surface area contributed by atoms with Crippen LogP contribution in [0.4, 0.5) is 5.82 Å². The summed E-state index contributed by atoms with van der Waals surface area (Å²) in [6, 6.07) is 11.3. The Labute approximate surface area is 295 Å². The first-order chi connectivity index (χ1) is 24.7. The van der Waals surface area contributed by atoms with E-state index in [1.165, 1.54) is 0 Å². The van der Waals surface area contributed by atoms with Crippen molar-refractivity contribution in [1.29, 1.82) is 0 Å². The zero-order chi connectivity index (χ0) is 35.3. The summed E-state index contributed by atoms with van der Waals surface area (Å²) >= 11 is 0. The molecule has 1 unspecified atom stereocenters. The van der Waals surface area contributed by atoms with Crippen LogP contribution in [0.15, 0.2) is 42.5 Å². The fourth-order valence-electron chi connectivity index (χ4n) is 8.39. The number of imide groups is 2. The van der Waals surface area contributed by atoms with Crippen molar-refractivity contribution in [1.82, 2.24) is 25.3 Å². The molecule has 1 spiro atoms. The molecule has 3 fully saturated rings. The number of likely N-dealkylation sites (tertiary alicyclic amines) is 1. The van der Waals surface area contributed by atoms with E-state index >= 15 is 0 Å². The number of hydrogen-bond acceptors (Lipinski definition) is 10. The van der Waals surface area contributed by atoms with Gasteiger partial charge in [0.25, 0.3) is 11.8 Å². The molecule has 1 aromatic heterocycles. The molecule has 12 nitrogen and oxygen atoms in total. The molecule has 2 aromatic carbocycles. The number of benzene rings is 2. The lowest BCUT2D eigenvalue weighted by Gasteiger charge is -2.45. The van der Waals surface area contributed by atoms with Gasteiger partial charge in [-0.1, -0.05) is 24.0 Å². The second-order valence-electron chi connectivity index (χ2n) is 14.8. The number of phenolic OH excluding ortho intramolecular Hbond substituents is 1. The van der Waals surface area contributed by atoms with E-state index in [-0.39, 0.29) is 35.4 Å². The fourth-order valence-corrected chi connectivity index (χ4v) is 8.39. The van der Waals surface area contributed by atoms with Gasteiger partial charge < -0.3 is 20.5 Å². The number of amides is 4. The number of nitrogens with two attached hydrogens (primary N) is 1. The van der Waals surface area contributed by atoms with Gasteiger partial charge in [-0.15, -0.1) is 10.2 Å². The average Bonchev–Trinajstić information content (AvgIpc) is 3.36. The summed E-state index contributed by atoms with van der Waals surface area (Å²) in [5.74, 6) is 6.64. The first-order valence-electron chi connectivity index (χ1n) is 17.8. The number of carbonyl (C=O) groups excluding carboxylic acids is 4. The molecule has 3 aromatic rings. The Bertz CT molecular complexity index is 2000. The van der Waals surface area contributed by atoms with Crippen molar-refractivity contribution in [3.63, 3.8) is 0 Å². The van der Waals surface area contributed by atoms with Crippen LogP contribution in [0, 0.1) is 29.1 Å². The third kappa shape index (κ3) is 6.31. The number of hydrogen-bond donors (Lipinski definition) is 3. The second kappa shape index (κ2) is 13.1. The van der Waals surface area contributed by atoms with Crippen LogP contribution < -0.4 is 15.8 Å². The van der Waals surface area contributed by atoms with Crippen molar-refractivity contribution >= 4 is 29.4 Å². The molecule has 1 saturated carbocycles. The number of nitrogens with zero attached hydrogens (tertiary/aromatic N) is 4. The number of carbonyl (C=O) groups is 4. The average molecular weight is 689 g/mol. The predicted molar refractivity (Wildman–Crippen MR) is 186 cm³/mol. The van der Waals surface area contributed by atoms with Crippen LogP contribution in [0.1, 0.15) is 83.2 Å². The van der Waals surface area contributed by atoms with Crippen molar-refractivity contribution in [3.05, 3.63) is 64.7 Å². The molecule has 1 atom stereocenters. The highest BCUT2D eigenvalue weighted by atomic mass is 16.5. The van der Waals surface area contributed by atoms with Crippen molar-refractivity contribution in [2.24, 2.45) is 17.3 Å². The number of piperidine rings is 2. The minimum absolute atomic E-state index is 0.0251. The van der Waals surface area contributed by atoms with Crippen LogP contribution in [0.5, 0.6) is 11.5 Å². The quantitative estimate of drug-likeness (QED) is 0.272. The van der Waals surface area contributed by atoms with E-state index in [1.807, 2.05) is 6.07 Å². The van der Waals surface area contributed by atoms with Crippen LogP contribution in [0.2, 0.25) is 0 Å². The smallest absolute Gasteiger partial charge is 0.262 e. The number of para-hydroxylation sites is 1. The summed E-state index contributed by atoms with van der Waals surface area (Å²) in [7, 11) is 0.